The van der Waals surface area contributed by atoms with Crippen LogP contribution in [0.2, 0.25) is 0 Å². The number of aromatic nitrogens is 2. The highest BCUT2D eigenvalue weighted by molar-refractivity contribution is 5.85. The van der Waals surface area contributed by atoms with Gasteiger partial charge in [0, 0.05) is 31.7 Å². The lowest BCUT2D eigenvalue weighted by Gasteiger charge is -2.27. The fraction of sp³-hybridized carbons (Fsp3) is 0.333. The molecule has 0 amide bonds. The maximum atomic E-state index is 11.8. The standard InChI is InChI=1S/C15H17N3O2.ClH/c19-14-12-10-18(8-6-11-4-2-1-3-5-11)9-7-13(12)16-15(20)17-14;/h1-5H,6-10H2,(H2,16,17,19,20);1H. The Bertz CT molecular complexity index is 709. The Morgan fingerprint density at radius 1 is 1.10 bits per heavy atom. The van der Waals surface area contributed by atoms with Crippen LogP contribution in [-0.2, 0) is 19.4 Å². The van der Waals surface area contributed by atoms with Gasteiger partial charge in [0.25, 0.3) is 5.56 Å². The summed E-state index contributed by atoms with van der Waals surface area (Å²) in [6, 6.07) is 10.3. The van der Waals surface area contributed by atoms with Gasteiger partial charge in [-0.25, -0.2) is 4.79 Å². The molecule has 112 valence electrons. The lowest BCUT2D eigenvalue weighted by Crippen LogP contribution is -2.39. The molecule has 0 unspecified atom stereocenters. The molecule has 1 aromatic carbocycles. The lowest BCUT2D eigenvalue weighted by molar-refractivity contribution is 0.253. The van der Waals surface area contributed by atoms with Crippen LogP contribution in [-0.4, -0.2) is 28.0 Å². The molecular weight excluding hydrogens is 290 g/mol. The van der Waals surface area contributed by atoms with Gasteiger partial charge in [0.15, 0.2) is 0 Å². The summed E-state index contributed by atoms with van der Waals surface area (Å²) < 4.78 is 0. The number of benzene rings is 1. The summed E-state index contributed by atoms with van der Waals surface area (Å²) in [6.45, 7) is 2.40. The molecule has 0 saturated heterocycles. The van der Waals surface area contributed by atoms with Crippen molar-refractivity contribution in [3.8, 4) is 0 Å². The molecule has 2 N–H and O–H groups in total. The van der Waals surface area contributed by atoms with Gasteiger partial charge in [-0.15, -0.1) is 12.4 Å². The minimum Gasteiger partial charge on any atom is -0.311 e. The zero-order valence-electron chi connectivity index (χ0n) is 11.6. The summed E-state index contributed by atoms with van der Waals surface area (Å²) in [6.07, 6.45) is 1.70. The van der Waals surface area contributed by atoms with Gasteiger partial charge in [-0.3, -0.25) is 14.7 Å². The highest BCUT2D eigenvalue weighted by atomic mass is 35.5. The second-order valence-corrected chi connectivity index (χ2v) is 5.13. The van der Waals surface area contributed by atoms with E-state index in [1.165, 1.54) is 5.56 Å². The molecule has 2 heterocycles. The highest BCUT2D eigenvalue weighted by Gasteiger charge is 2.19. The van der Waals surface area contributed by atoms with Gasteiger partial charge in [0.05, 0.1) is 5.56 Å². The molecule has 21 heavy (non-hydrogen) atoms. The smallest absolute Gasteiger partial charge is 0.311 e. The third-order valence-electron chi connectivity index (χ3n) is 3.75. The van der Waals surface area contributed by atoms with Crippen molar-refractivity contribution >= 4 is 12.4 Å². The number of hydrogen-bond acceptors (Lipinski definition) is 3. The Balaban J connectivity index is 0.00000161. The fourth-order valence-corrected chi connectivity index (χ4v) is 2.64. The number of hydrogen-bond donors (Lipinski definition) is 2. The molecule has 0 radical (unpaired) electrons. The molecule has 3 rings (SSSR count). The molecule has 0 bridgehead atoms. The summed E-state index contributed by atoms with van der Waals surface area (Å²) in [5.41, 5.74) is 2.12. The minimum atomic E-state index is -0.411. The molecule has 0 saturated carbocycles. The highest BCUT2D eigenvalue weighted by Crippen LogP contribution is 2.12. The topological polar surface area (TPSA) is 69.0 Å². The maximum Gasteiger partial charge on any atom is 0.325 e. The third-order valence-corrected chi connectivity index (χ3v) is 3.75. The molecule has 0 atom stereocenters. The first kappa shape index (κ1) is 15.5. The summed E-state index contributed by atoms with van der Waals surface area (Å²) in [5.74, 6) is 0. The zero-order chi connectivity index (χ0) is 13.9. The first-order chi connectivity index (χ1) is 9.72. The Labute approximate surface area is 128 Å². The molecule has 1 aromatic heterocycles. The summed E-state index contributed by atoms with van der Waals surface area (Å²) in [5, 5.41) is 0. The Morgan fingerprint density at radius 3 is 2.62 bits per heavy atom. The average molecular weight is 308 g/mol. The first-order valence-corrected chi connectivity index (χ1v) is 6.83. The van der Waals surface area contributed by atoms with Crippen LogP contribution in [0, 0.1) is 0 Å². The van der Waals surface area contributed by atoms with Gasteiger partial charge in [0.1, 0.15) is 0 Å². The lowest BCUT2D eigenvalue weighted by atomic mass is 10.1. The van der Waals surface area contributed by atoms with Crippen LogP contribution in [0.15, 0.2) is 39.9 Å². The molecule has 1 aliphatic rings. The van der Waals surface area contributed by atoms with Crippen LogP contribution in [0.25, 0.3) is 0 Å². The largest absolute Gasteiger partial charge is 0.325 e. The maximum absolute atomic E-state index is 11.8. The minimum absolute atomic E-state index is 0. The predicted octanol–water partition coefficient (Wildman–Crippen LogP) is 1.09. The van der Waals surface area contributed by atoms with E-state index in [0.717, 1.165) is 31.6 Å². The summed E-state index contributed by atoms with van der Waals surface area (Å²) in [7, 11) is 0. The molecule has 2 aromatic rings. The van der Waals surface area contributed by atoms with Crippen molar-refractivity contribution in [2.45, 2.75) is 19.4 Å². The summed E-state index contributed by atoms with van der Waals surface area (Å²) in [4.78, 5) is 30.3. The van der Waals surface area contributed by atoms with Crippen molar-refractivity contribution in [1.29, 1.82) is 0 Å². The van der Waals surface area contributed by atoms with Crippen LogP contribution >= 0.6 is 12.4 Å². The molecular formula is C15H18ClN3O2. The van der Waals surface area contributed by atoms with E-state index in [1.807, 2.05) is 18.2 Å². The van der Waals surface area contributed by atoms with E-state index in [-0.39, 0.29) is 18.0 Å². The Hall–Kier alpha value is -1.85. The summed E-state index contributed by atoms with van der Waals surface area (Å²) >= 11 is 0. The van der Waals surface area contributed by atoms with Crippen LogP contribution in [0.4, 0.5) is 0 Å². The second-order valence-electron chi connectivity index (χ2n) is 5.13. The van der Waals surface area contributed by atoms with Crippen LogP contribution in [0.3, 0.4) is 0 Å². The van der Waals surface area contributed by atoms with Gasteiger partial charge in [-0.1, -0.05) is 30.3 Å². The number of H-pyrrole nitrogens is 2. The third kappa shape index (κ3) is 3.62. The second kappa shape index (κ2) is 6.74. The van der Waals surface area contributed by atoms with E-state index < -0.39 is 5.69 Å². The van der Waals surface area contributed by atoms with Crippen molar-refractivity contribution in [2.24, 2.45) is 0 Å². The number of nitrogens with zero attached hydrogens (tertiary/aromatic N) is 1. The first-order valence-electron chi connectivity index (χ1n) is 6.83. The quantitative estimate of drug-likeness (QED) is 0.892. The number of rotatable bonds is 3. The SMILES string of the molecule is Cl.O=c1[nH]c2c(c(=O)[nH]1)CN(CCc1ccccc1)CC2. The van der Waals surface area contributed by atoms with Crippen LogP contribution < -0.4 is 11.2 Å². The number of fused-ring (bicyclic) bond motifs is 1. The monoisotopic (exact) mass is 307 g/mol. The normalized spacial score (nSPS) is 14.3. The van der Waals surface area contributed by atoms with Gasteiger partial charge in [-0.2, -0.15) is 0 Å². The van der Waals surface area contributed by atoms with Crippen molar-refractivity contribution in [1.82, 2.24) is 14.9 Å². The van der Waals surface area contributed by atoms with Crippen LogP contribution in [0.1, 0.15) is 16.8 Å². The van der Waals surface area contributed by atoms with Crippen molar-refractivity contribution in [3.63, 3.8) is 0 Å². The van der Waals surface area contributed by atoms with E-state index in [4.69, 9.17) is 0 Å². The van der Waals surface area contributed by atoms with Crippen LogP contribution in [0.5, 0.6) is 0 Å². The van der Waals surface area contributed by atoms with Gasteiger partial charge < -0.3 is 4.98 Å². The van der Waals surface area contributed by atoms with Gasteiger partial charge in [-0.05, 0) is 12.0 Å². The van der Waals surface area contributed by atoms with E-state index in [9.17, 15) is 9.59 Å². The Morgan fingerprint density at radius 2 is 1.86 bits per heavy atom. The van der Waals surface area contributed by atoms with E-state index in [1.54, 1.807) is 0 Å². The van der Waals surface area contributed by atoms with Crippen molar-refractivity contribution in [2.75, 3.05) is 13.1 Å². The van der Waals surface area contributed by atoms with E-state index in [0.29, 0.717) is 12.1 Å². The number of halogens is 1. The fourth-order valence-electron chi connectivity index (χ4n) is 2.64. The average Bonchev–Trinajstić information content (AvgIpc) is 2.46. The molecule has 6 heteroatoms. The molecule has 1 aliphatic heterocycles. The van der Waals surface area contributed by atoms with E-state index in [2.05, 4.69) is 27.0 Å². The van der Waals surface area contributed by atoms with E-state index >= 15 is 0 Å². The van der Waals surface area contributed by atoms with Crippen molar-refractivity contribution in [3.05, 3.63) is 68.0 Å². The predicted molar refractivity (Wildman–Crippen MR) is 84.1 cm³/mol. The zero-order valence-corrected chi connectivity index (χ0v) is 12.4. The van der Waals surface area contributed by atoms with Gasteiger partial charge >= 0.3 is 5.69 Å². The molecule has 0 aliphatic carbocycles. The Kier molecular flexibility index (Phi) is 4.98. The van der Waals surface area contributed by atoms with Crippen molar-refractivity contribution < 1.29 is 0 Å². The molecule has 0 spiro atoms. The number of nitrogens with one attached hydrogen (secondary N) is 2. The molecule has 5 nitrogen and oxygen atoms in total. The molecule has 0 fully saturated rings. The number of aromatic amines is 2. The van der Waals surface area contributed by atoms with Gasteiger partial charge in [0.2, 0.25) is 0 Å².